The Morgan fingerprint density at radius 3 is 2.47 bits per heavy atom. The van der Waals surface area contributed by atoms with E-state index in [0.717, 1.165) is 4.90 Å². The predicted octanol–water partition coefficient (Wildman–Crippen LogP) is 2.78. The van der Waals surface area contributed by atoms with Gasteiger partial charge in [0.15, 0.2) is 0 Å². The fourth-order valence-electron chi connectivity index (χ4n) is 1.43. The highest BCUT2D eigenvalue weighted by Gasteiger charge is 2.20. The molecule has 19 heavy (non-hydrogen) atoms. The first kappa shape index (κ1) is 15.6. The van der Waals surface area contributed by atoms with Crippen LogP contribution in [0.4, 0.5) is 0 Å². The van der Waals surface area contributed by atoms with Gasteiger partial charge in [-0.1, -0.05) is 6.07 Å². The van der Waals surface area contributed by atoms with Gasteiger partial charge in [0, 0.05) is 10.4 Å². The third-order valence-electron chi connectivity index (χ3n) is 2.26. The Kier molecular flexibility index (Phi) is 5.00. The van der Waals surface area contributed by atoms with E-state index < -0.39 is 5.97 Å². The molecule has 1 unspecified atom stereocenters. The second kappa shape index (κ2) is 6.10. The van der Waals surface area contributed by atoms with Crippen LogP contribution in [0, 0.1) is 0 Å². The number of carbonyl (C=O) groups excluding carboxylic acids is 1. The Hall–Kier alpha value is -1.49. The number of hydrogen-bond donors (Lipinski definition) is 2. The van der Waals surface area contributed by atoms with Gasteiger partial charge in [-0.15, -0.1) is 11.8 Å². The molecule has 0 heterocycles. The quantitative estimate of drug-likeness (QED) is 0.833. The highest BCUT2D eigenvalue weighted by Crippen LogP contribution is 2.24. The fourth-order valence-corrected chi connectivity index (χ4v) is 2.36. The first-order chi connectivity index (χ1) is 8.69. The first-order valence-corrected chi connectivity index (χ1v) is 6.89. The molecule has 0 aliphatic rings. The number of rotatable bonds is 4. The van der Waals surface area contributed by atoms with Crippen LogP contribution in [-0.2, 0) is 4.79 Å². The summed E-state index contributed by atoms with van der Waals surface area (Å²) in [5.74, 6) is -1.02. The molecule has 2 N–H and O–H groups in total. The fraction of sp³-hybridized carbons (Fsp3) is 0.429. The van der Waals surface area contributed by atoms with Crippen LogP contribution < -0.4 is 5.32 Å². The maximum atomic E-state index is 11.9. The van der Waals surface area contributed by atoms with Gasteiger partial charge < -0.3 is 10.4 Å². The van der Waals surface area contributed by atoms with Gasteiger partial charge >= 0.3 is 5.97 Å². The molecule has 0 aliphatic heterocycles. The average Bonchev–Trinajstić information content (AvgIpc) is 2.27. The molecule has 1 amide bonds. The normalized spacial score (nSPS) is 12.8. The first-order valence-electron chi connectivity index (χ1n) is 6.01. The van der Waals surface area contributed by atoms with Crippen molar-refractivity contribution in [2.75, 3.05) is 0 Å². The number of thioether (sulfide) groups is 1. The molecule has 0 bridgehead atoms. The smallest absolute Gasteiger partial charge is 0.335 e. The summed E-state index contributed by atoms with van der Waals surface area (Å²) in [7, 11) is 0. The third-order valence-corrected chi connectivity index (χ3v) is 3.36. The molecule has 1 aromatic carbocycles. The summed E-state index contributed by atoms with van der Waals surface area (Å²) in [5, 5.41) is 11.5. The van der Waals surface area contributed by atoms with Crippen molar-refractivity contribution in [3.05, 3.63) is 29.8 Å². The molecule has 1 aromatic rings. The van der Waals surface area contributed by atoms with Crippen molar-refractivity contribution >= 4 is 23.6 Å². The number of benzene rings is 1. The highest BCUT2D eigenvalue weighted by atomic mass is 32.2. The molecule has 0 fully saturated rings. The number of aromatic carboxylic acids is 1. The van der Waals surface area contributed by atoms with Crippen molar-refractivity contribution in [3.8, 4) is 0 Å². The van der Waals surface area contributed by atoms with Gasteiger partial charge in [0.25, 0.3) is 0 Å². The number of nitrogens with one attached hydrogen (secondary N) is 1. The highest BCUT2D eigenvalue weighted by molar-refractivity contribution is 8.00. The van der Waals surface area contributed by atoms with E-state index in [1.54, 1.807) is 25.1 Å². The average molecular weight is 281 g/mol. The summed E-state index contributed by atoms with van der Waals surface area (Å²) < 4.78 is 0. The van der Waals surface area contributed by atoms with Gasteiger partial charge in [0.05, 0.1) is 10.8 Å². The number of carbonyl (C=O) groups is 2. The van der Waals surface area contributed by atoms with Crippen molar-refractivity contribution in [2.24, 2.45) is 0 Å². The van der Waals surface area contributed by atoms with Crippen LogP contribution >= 0.6 is 11.8 Å². The lowest BCUT2D eigenvalue weighted by atomic mass is 10.1. The van der Waals surface area contributed by atoms with Crippen molar-refractivity contribution in [1.29, 1.82) is 0 Å². The van der Waals surface area contributed by atoms with Crippen molar-refractivity contribution in [2.45, 2.75) is 43.4 Å². The Morgan fingerprint density at radius 2 is 1.95 bits per heavy atom. The van der Waals surface area contributed by atoms with E-state index in [9.17, 15) is 9.59 Å². The SMILES string of the molecule is CC(Sc1cccc(C(=O)O)c1)C(=O)NC(C)(C)C. The van der Waals surface area contributed by atoms with Crippen LogP contribution in [0.5, 0.6) is 0 Å². The van der Waals surface area contributed by atoms with Gasteiger partial charge in [0.1, 0.15) is 0 Å². The monoisotopic (exact) mass is 281 g/mol. The van der Waals surface area contributed by atoms with Crippen LogP contribution in [0.3, 0.4) is 0 Å². The topological polar surface area (TPSA) is 66.4 Å². The summed E-state index contributed by atoms with van der Waals surface area (Å²) in [4.78, 5) is 23.6. The molecule has 0 radical (unpaired) electrons. The minimum Gasteiger partial charge on any atom is -0.478 e. The molecule has 1 rings (SSSR count). The van der Waals surface area contributed by atoms with Gasteiger partial charge in [-0.3, -0.25) is 4.79 Å². The van der Waals surface area contributed by atoms with E-state index in [1.807, 2.05) is 20.8 Å². The second-order valence-electron chi connectivity index (χ2n) is 5.33. The number of carboxylic acid groups (broad SMARTS) is 1. The zero-order valence-electron chi connectivity index (χ0n) is 11.6. The summed E-state index contributed by atoms with van der Waals surface area (Å²) >= 11 is 1.35. The summed E-state index contributed by atoms with van der Waals surface area (Å²) in [5.41, 5.74) is -0.0390. The zero-order valence-corrected chi connectivity index (χ0v) is 12.4. The standard InChI is InChI=1S/C14H19NO3S/c1-9(12(16)15-14(2,3)4)19-11-7-5-6-10(8-11)13(17)18/h5-9H,1-4H3,(H,15,16)(H,17,18). The Bertz CT molecular complexity index is 480. The minimum absolute atomic E-state index is 0.0572. The lowest BCUT2D eigenvalue weighted by Gasteiger charge is -2.23. The molecule has 0 spiro atoms. The van der Waals surface area contributed by atoms with E-state index in [4.69, 9.17) is 5.11 Å². The lowest BCUT2D eigenvalue weighted by molar-refractivity contribution is -0.121. The Labute approximate surface area is 117 Å². The molecule has 4 nitrogen and oxygen atoms in total. The summed E-state index contributed by atoms with van der Waals surface area (Å²) in [6.07, 6.45) is 0. The van der Waals surface area contributed by atoms with E-state index >= 15 is 0 Å². The lowest BCUT2D eigenvalue weighted by Crippen LogP contribution is -2.44. The molecule has 104 valence electrons. The van der Waals surface area contributed by atoms with Crippen molar-refractivity contribution in [3.63, 3.8) is 0 Å². The van der Waals surface area contributed by atoms with Gasteiger partial charge in [-0.05, 0) is 45.9 Å². The largest absolute Gasteiger partial charge is 0.478 e. The van der Waals surface area contributed by atoms with Crippen LogP contribution in [0.1, 0.15) is 38.1 Å². The molecule has 5 heteroatoms. The van der Waals surface area contributed by atoms with Gasteiger partial charge in [-0.25, -0.2) is 4.79 Å². The Morgan fingerprint density at radius 1 is 1.32 bits per heavy atom. The zero-order chi connectivity index (χ0) is 14.6. The van der Waals surface area contributed by atoms with Crippen molar-refractivity contribution in [1.82, 2.24) is 5.32 Å². The van der Waals surface area contributed by atoms with E-state index in [2.05, 4.69) is 5.32 Å². The van der Waals surface area contributed by atoms with Crippen LogP contribution in [0.25, 0.3) is 0 Å². The van der Waals surface area contributed by atoms with Crippen LogP contribution in [0.15, 0.2) is 29.2 Å². The van der Waals surface area contributed by atoms with Gasteiger partial charge in [-0.2, -0.15) is 0 Å². The molecule has 0 saturated heterocycles. The minimum atomic E-state index is -0.964. The summed E-state index contributed by atoms with van der Waals surface area (Å²) in [6, 6.07) is 6.60. The Balaban J connectivity index is 2.71. The predicted molar refractivity (Wildman–Crippen MR) is 76.6 cm³/mol. The summed E-state index contributed by atoms with van der Waals surface area (Å²) in [6.45, 7) is 7.58. The number of amides is 1. The molecular formula is C14H19NO3S. The van der Waals surface area contributed by atoms with E-state index in [0.29, 0.717) is 0 Å². The van der Waals surface area contributed by atoms with Crippen LogP contribution in [0.2, 0.25) is 0 Å². The van der Waals surface area contributed by atoms with Crippen molar-refractivity contribution < 1.29 is 14.7 Å². The molecule has 1 atom stereocenters. The number of carboxylic acids is 1. The van der Waals surface area contributed by atoms with E-state index in [1.165, 1.54) is 17.8 Å². The maximum absolute atomic E-state index is 11.9. The molecular weight excluding hydrogens is 262 g/mol. The third kappa shape index (κ3) is 5.34. The van der Waals surface area contributed by atoms with E-state index in [-0.39, 0.29) is 22.3 Å². The van der Waals surface area contributed by atoms with Crippen LogP contribution in [-0.4, -0.2) is 27.8 Å². The molecule has 0 aromatic heterocycles. The second-order valence-corrected chi connectivity index (χ2v) is 6.75. The molecule has 0 aliphatic carbocycles. The number of hydrogen-bond acceptors (Lipinski definition) is 3. The maximum Gasteiger partial charge on any atom is 0.335 e. The molecule has 0 saturated carbocycles. The van der Waals surface area contributed by atoms with Gasteiger partial charge in [0.2, 0.25) is 5.91 Å².